The Morgan fingerprint density at radius 3 is 2.65 bits per heavy atom. The van der Waals surface area contributed by atoms with E-state index in [-0.39, 0.29) is 16.8 Å². The van der Waals surface area contributed by atoms with Crippen molar-refractivity contribution in [3.8, 4) is 5.75 Å². The summed E-state index contributed by atoms with van der Waals surface area (Å²) < 4.78 is 34.7. The molecular formula is C10H10BrF2NO3. The smallest absolute Gasteiger partial charge is 0.310 e. The Morgan fingerprint density at radius 1 is 1.53 bits per heavy atom. The number of esters is 1. The highest BCUT2D eigenvalue weighted by Crippen LogP contribution is 2.31. The van der Waals surface area contributed by atoms with E-state index in [1.807, 2.05) is 0 Å². The van der Waals surface area contributed by atoms with Crippen molar-refractivity contribution >= 4 is 21.9 Å². The summed E-state index contributed by atoms with van der Waals surface area (Å²) in [5.41, 5.74) is -0.0360. The predicted octanol–water partition coefficient (Wildman–Crippen LogP) is 2.51. The highest BCUT2D eigenvalue weighted by atomic mass is 79.9. The first kappa shape index (κ1) is 13.8. The molecule has 1 aromatic rings. The molecule has 0 amide bonds. The molecule has 1 heterocycles. The van der Waals surface area contributed by atoms with Gasteiger partial charge in [-0.25, -0.2) is 13.8 Å². The van der Waals surface area contributed by atoms with Gasteiger partial charge in [0.25, 0.3) is 6.43 Å². The van der Waals surface area contributed by atoms with Gasteiger partial charge >= 0.3 is 5.97 Å². The first-order chi connectivity index (χ1) is 7.99. The van der Waals surface area contributed by atoms with Crippen LogP contribution in [0.2, 0.25) is 0 Å². The van der Waals surface area contributed by atoms with Crippen molar-refractivity contribution in [1.29, 1.82) is 0 Å². The van der Waals surface area contributed by atoms with Crippen LogP contribution in [0.25, 0.3) is 0 Å². The molecule has 4 nitrogen and oxygen atoms in total. The first-order valence-corrected chi connectivity index (χ1v) is 5.37. The van der Waals surface area contributed by atoms with Crippen LogP contribution in [-0.4, -0.2) is 25.2 Å². The van der Waals surface area contributed by atoms with E-state index in [1.54, 1.807) is 0 Å². The van der Waals surface area contributed by atoms with Gasteiger partial charge in [0.1, 0.15) is 16.0 Å². The van der Waals surface area contributed by atoms with E-state index >= 15 is 0 Å². The number of hydrogen-bond acceptors (Lipinski definition) is 4. The Morgan fingerprint density at radius 2 is 2.18 bits per heavy atom. The maximum atomic E-state index is 12.6. The molecule has 17 heavy (non-hydrogen) atoms. The van der Waals surface area contributed by atoms with Crippen molar-refractivity contribution in [3.05, 3.63) is 21.9 Å². The lowest BCUT2D eigenvalue weighted by Crippen LogP contribution is -2.07. The third-order valence-corrected chi connectivity index (χ3v) is 2.72. The number of pyridine rings is 1. The molecule has 0 bridgehead atoms. The molecule has 1 aromatic heterocycles. The third-order valence-electron chi connectivity index (χ3n) is 2.03. The van der Waals surface area contributed by atoms with Gasteiger partial charge in [-0.15, -0.1) is 0 Å². The van der Waals surface area contributed by atoms with Crippen LogP contribution >= 0.6 is 15.9 Å². The summed E-state index contributed by atoms with van der Waals surface area (Å²) in [6.07, 6.45) is -2.81. The lowest BCUT2D eigenvalue weighted by Gasteiger charge is -2.10. The molecule has 7 heteroatoms. The summed E-state index contributed by atoms with van der Waals surface area (Å²) in [6.45, 7) is 0. The van der Waals surface area contributed by atoms with Crippen molar-refractivity contribution < 1.29 is 23.0 Å². The number of carbonyl (C=O) groups excluding carboxylic acids is 1. The minimum Gasteiger partial charge on any atom is -0.495 e. The number of nitrogens with zero attached hydrogens (tertiary/aromatic N) is 1. The van der Waals surface area contributed by atoms with E-state index < -0.39 is 18.1 Å². The van der Waals surface area contributed by atoms with E-state index in [4.69, 9.17) is 4.74 Å². The number of methoxy groups -OCH3 is 2. The van der Waals surface area contributed by atoms with Gasteiger partial charge in [0.2, 0.25) is 0 Å². The molecule has 0 spiro atoms. The van der Waals surface area contributed by atoms with Crippen molar-refractivity contribution in [1.82, 2.24) is 4.98 Å². The average Bonchev–Trinajstić information content (AvgIpc) is 2.30. The average molecular weight is 310 g/mol. The lowest BCUT2D eigenvalue weighted by molar-refractivity contribution is -0.139. The van der Waals surface area contributed by atoms with Crippen LogP contribution in [0.3, 0.4) is 0 Å². The summed E-state index contributed by atoms with van der Waals surface area (Å²) in [5, 5.41) is 0. The van der Waals surface area contributed by atoms with Crippen LogP contribution in [0.1, 0.15) is 17.7 Å². The molecule has 0 fully saturated rings. The Bertz CT molecular complexity index is 426. The molecule has 0 unspecified atom stereocenters. The molecule has 0 saturated carbocycles. The van der Waals surface area contributed by atoms with Crippen LogP contribution < -0.4 is 4.74 Å². The monoisotopic (exact) mass is 309 g/mol. The molecular weight excluding hydrogens is 300 g/mol. The quantitative estimate of drug-likeness (QED) is 0.633. The molecule has 1 rings (SSSR count). The van der Waals surface area contributed by atoms with Gasteiger partial charge in [0.05, 0.1) is 20.6 Å². The summed E-state index contributed by atoms with van der Waals surface area (Å²) in [5.74, 6) is -0.540. The van der Waals surface area contributed by atoms with Gasteiger partial charge in [0.15, 0.2) is 0 Å². The minimum absolute atomic E-state index is 0.0536. The Balaban J connectivity index is 3.13. The molecule has 0 aliphatic carbocycles. The minimum atomic E-state index is -2.74. The van der Waals surface area contributed by atoms with Crippen LogP contribution in [0.15, 0.2) is 10.7 Å². The van der Waals surface area contributed by atoms with E-state index in [9.17, 15) is 13.6 Å². The number of alkyl halides is 2. The summed E-state index contributed by atoms with van der Waals surface area (Å²) in [4.78, 5) is 14.8. The molecule has 0 atom stereocenters. The summed E-state index contributed by atoms with van der Waals surface area (Å²) in [7, 11) is 2.51. The SMILES string of the molecule is COC(=O)Cc1cc(OC)c(C(F)F)nc1Br. The van der Waals surface area contributed by atoms with E-state index in [2.05, 4.69) is 25.7 Å². The van der Waals surface area contributed by atoms with Gasteiger partial charge in [-0.1, -0.05) is 0 Å². The highest BCUT2D eigenvalue weighted by molar-refractivity contribution is 9.10. The Hall–Kier alpha value is -1.24. The second-order valence-corrected chi connectivity index (χ2v) is 3.83. The van der Waals surface area contributed by atoms with Crippen molar-refractivity contribution in [2.45, 2.75) is 12.8 Å². The normalized spacial score (nSPS) is 10.5. The molecule has 0 saturated heterocycles. The fourth-order valence-corrected chi connectivity index (χ4v) is 1.64. The van der Waals surface area contributed by atoms with E-state index in [0.717, 1.165) is 0 Å². The Kier molecular flexibility index (Phi) is 4.80. The number of rotatable bonds is 4. The van der Waals surface area contributed by atoms with Gasteiger partial charge in [0, 0.05) is 0 Å². The largest absolute Gasteiger partial charge is 0.495 e. The van der Waals surface area contributed by atoms with Crippen molar-refractivity contribution in [2.24, 2.45) is 0 Å². The second-order valence-electron chi connectivity index (χ2n) is 3.08. The molecule has 0 aliphatic heterocycles. The van der Waals surface area contributed by atoms with Gasteiger partial charge in [-0.05, 0) is 27.6 Å². The van der Waals surface area contributed by atoms with Crippen molar-refractivity contribution in [2.75, 3.05) is 14.2 Å². The van der Waals surface area contributed by atoms with Gasteiger partial charge < -0.3 is 9.47 Å². The van der Waals surface area contributed by atoms with Crippen LogP contribution in [0.4, 0.5) is 8.78 Å². The second kappa shape index (κ2) is 5.90. The zero-order valence-electron chi connectivity index (χ0n) is 9.17. The molecule has 0 aliphatic rings. The number of ether oxygens (including phenoxy) is 2. The fourth-order valence-electron chi connectivity index (χ4n) is 1.20. The zero-order chi connectivity index (χ0) is 13.0. The number of halogens is 3. The maximum Gasteiger partial charge on any atom is 0.310 e. The van der Waals surface area contributed by atoms with E-state index in [0.29, 0.717) is 5.56 Å². The molecule has 94 valence electrons. The summed E-state index contributed by atoms with van der Waals surface area (Å²) in [6, 6.07) is 1.34. The lowest BCUT2D eigenvalue weighted by atomic mass is 10.2. The fraction of sp³-hybridized carbons (Fsp3) is 0.400. The van der Waals surface area contributed by atoms with Crippen LogP contribution in [-0.2, 0) is 16.0 Å². The predicted molar refractivity (Wildman–Crippen MR) is 59.2 cm³/mol. The highest BCUT2D eigenvalue weighted by Gasteiger charge is 2.19. The zero-order valence-corrected chi connectivity index (χ0v) is 10.8. The van der Waals surface area contributed by atoms with Crippen molar-refractivity contribution in [3.63, 3.8) is 0 Å². The topological polar surface area (TPSA) is 48.4 Å². The Labute approximate surface area is 105 Å². The van der Waals surface area contributed by atoms with Gasteiger partial charge in [-0.3, -0.25) is 4.79 Å². The van der Waals surface area contributed by atoms with E-state index in [1.165, 1.54) is 20.3 Å². The van der Waals surface area contributed by atoms with Crippen LogP contribution in [0, 0.1) is 0 Å². The van der Waals surface area contributed by atoms with Gasteiger partial charge in [-0.2, -0.15) is 0 Å². The standard InChI is InChI=1S/C10H10BrF2NO3/c1-16-6-3-5(4-7(15)17-2)9(11)14-8(6)10(12)13/h3,10H,4H2,1-2H3. The number of hydrogen-bond donors (Lipinski definition) is 0. The summed E-state index contributed by atoms with van der Waals surface area (Å²) >= 11 is 3.03. The first-order valence-electron chi connectivity index (χ1n) is 4.57. The molecule has 0 N–H and O–H groups in total. The maximum absolute atomic E-state index is 12.6. The molecule has 0 radical (unpaired) electrons. The number of aromatic nitrogens is 1. The van der Waals surface area contributed by atoms with Crippen LogP contribution in [0.5, 0.6) is 5.75 Å². The number of carbonyl (C=O) groups is 1. The third kappa shape index (κ3) is 3.36. The molecule has 0 aromatic carbocycles.